The van der Waals surface area contributed by atoms with Crippen molar-refractivity contribution in [1.82, 2.24) is 10.2 Å². The summed E-state index contributed by atoms with van der Waals surface area (Å²) >= 11 is 0. The summed E-state index contributed by atoms with van der Waals surface area (Å²) in [5, 5.41) is 6.03. The average molecular weight is 307 g/mol. The predicted octanol–water partition coefficient (Wildman–Crippen LogP) is 2.62. The minimum absolute atomic E-state index is 0.125. The standard InChI is InChI=1S/C17H26FN3O/c1-2-12-21(14-7-10-19-11-8-14)13-9-17(22)20-16-6-4-3-5-15(16)18/h3-6,14,19H,2,7-13H2,1H3,(H,20,22). The predicted molar refractivity (Wildman–Crippen MR) is 87.4 cm³/mol. The highest BCUT2D eigenvalue weighted by Crippen LogP contribution is 2.15. The van der Waals surface area contributed by atoms with Gasteiger partial charge in [-0.1, -0.05) is 19.1 Å². The Kier molecular flexibility index (Phi) is 6.80. The number of halogens is 1. The number of nitrogens with zero attached hydrogens (tertiary/aromatic N) is 1. The van der Waals surface area contributed by atoms with E-state index in [4.69, 9.17) is 0 Å². The number of anilines is 1. The number of carbonyl (C=O) groups excluding carboxylic acids is 1. The van der Waals surface area contributed by atoms with E-state index in [0.717, 1.165) is 45.4 Å². The number of para-hydroxylation sites is 1. The molecule has 0 unspecified atom stereocenters. The number of hydrogen-bond donors (Lipinski definition) is 2. The molecule has 1 fully saturated rings. The average Bonchev–Trinajstić information content (AvgIpc) is 2.54. The molecule has 0 aromatic heterocycles. The quantitative estimate of drug-likeness (QED) is 0.814. The monoisotopic (exact) mass is 307 g/mol. The summed E-state index contributed by atoms with van der Waals surface area (Å²) in [5.41, 5.74) is 0.261. The molecular formula is C17H26FN3O. The molecular weight excluding hydrogens is 281 g/mol. The van der Waals surface area contributed by atoms with Crippen molar-refractivity contribution in [3.05, 3.63) is 30.1 Å². The fourth-order valence-corrected chi connectivity index (χ4v) is 2.96. The normalized spacial score (nSPS) is 16.0. The highest BCUT2D eigenvalue weighted by molar-refractivity contribution is 5.90. The van der Waals surface area contributed by atoms with Crippen molar-refractivity contribution >= 4 is 11.6 Å². The third-order valence-corrected chi connectivity index (χ3v) is 4.11. The lowest BCUT2D eigenvalue weighted by molar-refractivity contribution is -0.116. The van der Waals surface area contributed by atoms with Crippen LogP contribution in [0.3, 0.4) is 0 Å². The number of piperidine rings is 1. The molecule has 0 atom stereocenters. The zero-order chi connectivity index (χ0) is 15.8. The van der Waals surface area contributed by atoms with Crippen molar-refractivity contribution in [3.8, 4) is 0 Å². The van der Waals surface area contributed by atoms with Gasteiger partial charge < -0.3 is 10.6 Å². The van der Waals surface area contributed by atoms with Crippen LogP contribution in [0.2, 0.25) is 0 Å². The molecule has 1 aromatic rings. The fraction of sp³-hybridized carbons (Fsp3) is 0.588. The van der Waals surface area contributed by atoms with Crippen LogP contribution in [-0.2, 0) is 4.79 Å². The number of benzene rings is 1. The summed E-state index contributed by atoms with van der Waals surface area (Å²) in [7, 11) is 0. The SMILES string of the molecule is CCCN(CCC(=O)Nc1ccccc1F)C1CCNCC1. The molecule has 1 amide bonds. The summed E-state index contributed by atoms with van der Waals surface area (Å²) in [5.74, 6) is -0.514. The minimum Gasteiger partial charge on any atom is -0.324 e. The highest BCUT2D eigenvalue weighted by atomic mass is 19.1. The van der Waals surface area contributed by atoms with Gasteiger partial charge in [-0.05, 0) is 51.0 Å². The topological polar surface area (TPSA) is 44.4 Å². The Morgan fingerprint density at radius 1 is 1.32 bits per heavy atom. The molecule has 22 heavy (non-hydrogen) atoms. The lowest BCUT2D eigenvalue weighted by Gasteiger charge is -2.34. The zero-order valence-electron chi connectivity index (χ0n) is 13.3. The van der Waals surface area contributed by atoms with Gasteiger partial charge in [0.05, 0.1) is 5.69 Å². The first-order valence-electron chi connectivity index (χ1n) is 8.20. The number of hydrogen-bond acceptors (Lipinski definition) is 3. The van der Waals surface area contributed by atoms with Gasteiger partial charge in [0.2, 0.25) is 5.91 Å². The maximum Gasteiger partial charge on any atom is 0.225 e. The molecule has 0 aliphatic carbocycles. The first-order valence-corrected chi connectivity index (χ1v) is 8.20. The van der Waals surface area contributed by atoms with E-state index in [2.05, 4.69) is 22.5 Å². The van der Waals surface area contributed by atoms with Gasteiger partial charge in [0, 0.05) is 19.0 Å². The smallest absolute Gasteiger partial charge is 0.225 e. The number of rotatable bonds is 7. The van der Waals surface area contributed by atoms with Gasteiger partial charge in [-0.25, -0.2) is 4.39 Å². The van der Waals surface area contributed by atoms with Crippen LogP contribution >= 0.6 is 0 Å². The van der Waals surface area contributed by atoms with E-state index in [9.17, 15) is 9.18 Å². The van der Waals surface area contributed by atoms with E-state index in [1.54, 1.807) is 18.2 Å². The molecule has 0 radical (unpaired) electrons. The van der Waals surface area contributed by atoms with Crippen LogP contribution in [0.5, 0.6) is 0 Å². The molecule has 0 bridgehead atoms. The molecule has 5 heteroatoms. The summed E-state index contributed by atoms with van der Waals surface area (Å²) in [6, 6.07) is 6.84. The molecule has 1 aliphatic heterocycles. The Hall–Kier alpha value is -1.46. The molecule has 122 valence electrons. The lowest BCUT2D eigenvalue weighted by atomic mass is 10.0. The van der Waals surface area contributed by atoms with Crippen molar-refractivity contribution in [2.75, 3.05) is 31.5 Å². The molecule has 1 heterocycles. The van der Waals surface area contributed by atoms with E-state index in [1.165, 1.54) is 6.07 Å². The van der Waals surface area contributed by atoms with E-state index < -0.39 is 0 Å². The second-order valence-corrected chi connectivity index (χ2v) is 5.80. The number of amides is 1. The summed E-state index contributed by atoms with van der Waals surface area (Å²) < 4.78 is 13.5. The van der Waals surface area contributed by atoms with Crippen molar-refractivity contribution in [2.24, 2.45) is 0 Å². The zero-order valence-corrected chi connectivity index (χ0v) is 13.3. The molecule has 1 aromatic carbocycles. The van der Waals surface area contributed by atoms with Crippen molar-refractivity contribution in [3.63, 3.8) is 0 Å². The van der Waals surface area contributed by atoms with Crippen LogP contribution in [0, 0.1) is 5.82 Å². The lowest BCUT2D eigenvalue weighted by Crippen LogP contribution is -2.44. The Labute approximate surface area is 132 Å². The summed E-state index contributed by atoms with van der Waals surface area (Å²) in [6.45, 7) is 6.00. The molecule has 0 saturated carbocycles. The maximum absolute atomic E-state index is 13.5. The second-order valence-electron chi connectivity index (χ2n) is 5.80. The maximum atomic E-state index is 13.5. The largest absolute Gasteiger partial charge is 0.324 e. The Morgan fingerprint density at radius 2 is 2.05 bits per heavy atom. The van der Waals surface area contributed by atoms with Crippen LogP contribution < -0.4 is 10.6 Å². The Morgan fingerprint density at radius 3 is 2.73 bits per heavy atom. The van der Waals surface area contributed by atoms with Gasteiger partial charge >= 0.3 is 0 Å². The molecule has 4 nitrogen and oxygen atoms in total. The summed E-state index contributed by atoms with van der Waals surface area (Å²) in [6.07, 6.45) is 3.75. The Balaban J connectivity index is 1.83. The van der Waals surface area contributed by atoms with Crippen LogP contribution in [-0.4, -0.2) is 43.0 Å². The van der Waals surface area contributed by atoms with Gasteiger partial charge in [0.1, 0.15) is 5.82 Å². The molecule has 2 rings (SSSR count). The fourth-order valence-electron chi connectivity index (χ4n) is 2.96. The third-order valence-electron chi connectivity index (χ3n) is 4.11. The van der Waals surface area contributed by atoms with E-state index in [1.807, 2.05) is 0 Å². The van der Waals surface area contributed by atoms with Crippen molar-refractivity contribution < 1.29 is 9.18 Å². The Bertz CT molecular complexity index is 475. The first kappa shape index (κ1) is 16.9. The van der Waals surface area contributed by atoms with Gasteiger partial charge in [0.15, 0.2) is 0 Å². The van der Waals surface area contributed by atoms with Crippen molar-refractivity contribution in [1.29, 1.82) is 0 Å². The van der Waals surface area contributed by atoms with Gasteiger partial charge in [-0.2, -0.15) is 0 Å². The third kappa shape index (κ3) is 5.07. The molecule has 2 N–H and O–H groups in total. The van der Waals surface area contributed by atoms with Gasteiger partial charge in [0.25, 0.3) is 0 Å². The van der Waals surface area contributed by atoms with Crippen LogP contribution in [0.25, 0.3) is 0 Å². The minimum atomic E-state index is -0.389. The van der Waals surface area contributed by atoms with Gasteiger partial charge in [-0.15, -0.1) is 0 Å². The first-order chi connectivity index (χ1) is 10.7. The van der Waals surface area contributed by atoms with E-state index in [0.29, 0.717) is 12.5 Å². The van der Waals surface area contributed by atoms with Gasteiger partial charge in [-0.3, -0.25) is 9.69 Å². The van der Waals surface area contributed by atoms with E-state index in [-0.39, 0.29) is 17.4 Å². The number of nitrogens with one attached hydrogen (secondary N) is 2. The summed E-state index contributed by atoms with van der Waals surface area (Å²) in [4.78, 5) is 14.4. The van der Waals surface area contributed by atoms with E-state index >= 15 is 0 Å². The molecule has 0 spiro atoms. The number of carbonyl (C=O) groups is 1. The highest BCUT2D eigenvalue weighted by Gasteiger charge is 2.20. The second kappa shape index (κ2) is 8.86. The molecule has 1 saturated heterocycles. The van der Waals surface area contributed by atoms with Crippen LogP contribution in [0.15, 0.2) is 24.3 Å². The van der Waals surface area contributed by atoms with Crippen LogP contribution in [0.1, 0.15) is 32.6 Å². The molecule has 1 aliphatic rings. The van der Waals surface area contributed by atoms with Crippen LogP contribution in [0.4, 0.5) is 10.1 Å². The van der Waals surface area contributed by atoms with Crippen molar-refractivity contribution in [2.45, 2.75) is 38.6 Å².